The Morgan fingerprint density at radius 1 is 1.50 bits per heavy atom. The van der Waals surface area contributed by atoms with Gasteiger partial charge in [-0.1, -0.05) is 6.92 Å². The quantitative estimate of drug-likeness (QED) is 0.727. The third kappa shape index (κ3) is 2.74. The van der Waals surface area contributed by atoms with Crippen molar-refractivity contribution in [3.05, 3.63) is 0 Å². The Labute approximate surface area is 97.6 Å². The van der Waals surface area contributed by atoms with Gasteiger partial charge in [-0.3, -0.25) is 9.69 Å². The van der Waals surface area contributed by atoms with E-state index in [4.69, 9.17) is 5.73 Å². The molecule has 16 heavy (non-hydrogen) atoms. The summed E-state index contributed by atoms with van der Waals surface area (Å²) >= 11 is 0. The fourth-order valence-electron chi connectivity index (χ4n) is 2.88. The molecule has 0 radical (unpaired) electrons. The monoisotopic (exact) mass is 225 g/mol. The van der Waals surface area contributed by atoms with Crippen molar-refractivity contribution in [2.24, 2.45) is 11.7 Å². The summed E-state index contributed by atoms with van der Waals surface area (Å²) in [6, 6.07) is 0.871. The van der Waals surface area contributed by atoms with Crippen LogP contribution < -0.4 is 11.1 Å². The van der Waals surface area contributed by atoms with E-state index in [1.807, 2.05) is 0 Å². The lowest BCUT2D eigenvalue weighted by Crippen LogP contribution is -2.50. The fourth-order valence-corrected chi connectivity index (χ4v) is 2.88. The summed E-state index contributed by atoms with van der Waals surface area (Å²) in [6.45, 7) is 5.16. The number of amides is 1. The van der Waals surface area contributed by atoms with Crippen LogP contribution in [0.4, 0.5) is 0 Å². The Morgan fingerprint density at radius 2 is 2.31 bits per heavy atom. The summed E-state index contributed by atoms with van der Waals surface area (Å²) in [7, 11) is 0. The van der Waals surface area contributed by atoms with Crippen molar-refractivity contribution >= 4 is 5.91 Å². The average molecular weight is 225 g/mol. The molecule has 2 fully saturated rings. The van der Waals surface area contributed by atoms with Crippen LogP contribution >= 0.6 is 0 Å². The van der Waals surface area contributed by atoms with E-state index in [9.17, 15) is 4.79 Å². The molecule has 0 bridgehead atoms. The van der Waals surface area contributed by atoms with Crippen LogP contribution in [0.5, 0.6) is 0 Å². The molecule has 0 saturated carbocycles. The first-order valence-corrected chi connectivity index (χ1v) is 6.42. The van der Waals surface area contributed by atoms with E-state index in [0.29, 0.717) is 18.5 Å². The van der Waals surface area contributed by atoms with Gasteiger partial charge in [-0.2, -0.15) is 0 Å². The Morgan fingerprint density at radius 3 is 2.94 bits per heavy atom. The van der Waals surface area contributed by atoms with Crippen molar-refractivity contribution in [3.63, 3.8) is 0 Å². The van der Waals surface area contributed by atoms with Crippen LogP contribution in [-0.4, -0.2) is 42.5 Å². The normalized spacial score (nSPS) is 36.4. The van der Waals surface area contributed by atoms with Crippen LogP contribution in [0.2, 0.25) is 0 Å². The molecule has 2 heterocycles. The van der Waals surface area contributed by atoms with E-state index in [0.717, 1.165) is 32.0 Å². The van der Waals surface area contributed by atoms with Crippen molar-refractivity contribution < 1.29 is 4.79 Å². The lowest BCUT2D eigenvalue weighted by molar-refractivity contribution is -0.119. The first-order chi connectivity index (χ1) is 7.69. The molecule has 0 aromatic heterocycles. The van der Waals surface area contributed by atoms with Gasteiger partial charge in [0.05, 0.1) is 0 Å². The number of hydrogen-bond acceptors (Lipinski definition) is 3. The SMILES string of the molecule is CC1CCN(CC2CCC(=O)N2)C(CN)C1. The highest BCUT2D eigenvalue weighted by molar-refractivity contribution is 5.78. The zero-order valence-electron chi connectivity index (χ0n) is 10.1. The molecule has 0 aromatic carbocycles. The minimum Gasteiger partial charge on any atom is -0.352 e. The number of carbonyl (C=O) groups is 1. The number of hydrogen-bond donors (Lipinski definition) is 2. The van der Waals surface area contributed by atoms with E-state index in [2.05, 4.69) is 17.1 Å². The van der Waals surface area contributed by atoms with E-state index in [-0.39, 0.29) is 5.91 Å². The first kappa shape index (κ1) is 11.9. The molecule has 2 rings (SSSR count). The topological polar surface area (TPSA) is 58.4 Å². The minimum absolute atomic E-state index is 0.208. The first-order valence-electron chi connectivity index (χ1n) is 6.42. The second-order valence-electron chi connectivity index (χ2n) is 5.32. The summed E-state index contributed by atoms with van der Waals surface area (Å²) in [5.74, 6) is 1.00. The maximum atomic E-state index is 11.1. The van der Waals surface area contributed by atoms with Gasteiger partial charge in [0.25, 0.3) is 0 Å². The molecule has 3 atom stereocenters. The van der Waals surface area contributed by atoms with E-state index in [1.54, 1.807) is 0 Å². The number of carbonyl (C=O) groups excluding carboxylic acids is 1. The van der Waals surface area contributed by atoms with Gasteiger partial charge < -0.3 is 11.1 Å². The van der Waals surface area contributed by atoms with Gasteiger partial charge in [-0.25, -0.2) is 0 Å². The summed E-state index contributed by atoms with van der Waals surface area (Å²) in [6.07, 6.45) is 4.15. The smallest absolute Gasteiger partial charge is 0.220 e. The molecule has 3 unspecified atom stereocenters. The standard InChI is InChI=1S/C12H23N3O/c1-9-4-5-15(11(6-9)7-13)8-10-2-3-12(16)14-10/h9-11H,2-8,13H2,1H3,(H,14,16). The molecule has 2 aliphatic rings. The number of nitrogens with two attached hydrogens (primary N) is 1. The van der Waals surface area contributed by atoms with Crippen LogP contribution in [0, 0.1) is 5.92 Å². The second-order valence-corrected chi connectivity index (χ2v) is 5.32. The average Bonchev–Trinajstić information content (AvgIpc) is 2.67. The zero-order chi connectivity index (χ0) is 11.5. The number of likely N-dealkylation sites (tertiary alicyclic amines) is 1. The van der Waals surface area contributed by atoms with E-state index in [1.165, 1.54) is 12.8 Å². The van der Waals surface area contributed by atoms with Crippen molar-refractivity contribution in [2.45, 2.75) is 44.7 Å². The molecule has 3 N–H and O–H groups in total. The number of rotatable bonds is 3. The van der Waals surface area contributed by atoms with Gasteiger partial charge in [0.1, 0.15) is 0 Å². The molecule has 92 valence electrons. The Kier molecular flexibility index (Phi) is 3.82. The predicted octanol–water partition coefficient (Wildman–Crippen LogP) is 0.324. The van der Waals surface area contributed by atoms with Gasteiger partial charge in [0.2, 0.25) is 5.91 Å². The minimum atomic E-state index is 0.208. The third-order valence-electron chi connectivity index (χ3n) is 3.91. The lowest BCUT2D eigenvalue weighted by atomic mass is 9.92. The van der Waals surface area contributed by atoms with Gasteiger partial charge in [-0.05, 0) is 31.7 Å². The third-order valence-corrected chi connectivity index (χ3v) is 3.91. The maximum absolute atomic E-state index is 11.1. The van der Waals surface area contributed by atoms with E-state index >= 15 is 0 Å². The van der Waals surface area contributed by atoms with Crippen LogP contribution in [0.1, 0.15) is 32.6 Å². The molecule has 4 heteroatoms. The zero-order valence-corrected chi connectivity index (χ0v) is 10.1. The number of nitrogens with one attached hydrogen (secondary N) is 1. The Balaban J connectivity index is 1.85. The number of piperidine rings is 1. The van der Waals surface area contributed by atoms with Gasteiger partial charge in [0.15, 0.2) is 0 Å². The van der Waals surface area contributed by atoms with Crippen molar-refractivity contribution in [2.75, 3.05) is 19.6 Å². The molecule has 1 amide bonds. The van der Waals surface area contributed by atoms with Crippen LogP contribution in [-0.2, 0) is 4.79 Å². The van der Waals surface area contributed by atoms with Gasteiger partial charge >= 0.3 is 0 Å². The van der Waals surface area contributed by atoms with E-state index < -0.39 is 0 Å². The summed E-state index contributed by atoms with van der Waals surface area (Å²) < 4.78 is 0. The molecule has 4 nitrogen and oxygen atoms in total. The summed E-state index contributed by atoms with van der Waals surface area (Å²) in [4.78, 5) is 13.6. The van der Waals surface area contributed by atoms with Crippen molar-refractivity contribution in [3.8, 4) is 0 Å². The van der Waals surface area contributed by atoms with Crippen LogP contribution in [0.3, 0.4) is 0 Å². The molecule has 0 spiro atoms. The molecule has 2 saturated heterocycles. The fraction of sp³-hybridized carbons (Fsp3) is 0.917. The van der Waals surface area contributed by atoms with Crippen molar-refractivity contribution in [1.29, 1.82) is 0 Å². The highest BCUT2D eigenvalue weighted by Crippen LogP contribution is 2.23. The van der Waals surface area contributed by atoms with Gasteiger partial charge in [-0.15, -0.1) is 0 Å². The molecular formula is C12H23N3O. The van der Waals surface area contributed by atoms with Gasteiger partial charge in [0, 0.05) is 31.6 Å². The molecule has 0 aliphatic carbocycles. The second kappa shape index (κ2) is 5.15. The summed E-state index contributed by atoms with van der Waals surface area (Å²) in [5, 5.41) is 3.04. The highest BCUT2D eigenvalue weighted by Gasteiger charge is 2.29. The Hall–Kier alpha value is -0.610. The highest BCUT2D eigenvalue weighted by atomic mass is 16.1. The summed E-state index contributed by atoms with van der Waals surface area (Å²) in [5.41, 5.74) is 5.83. The molecule has 0 aromatic rings. The molecule has 2 aliphatic heterocycles. The Bertz CT molecular complexity index is 257. The largest absolute Gasteiger partial charge is 0.352 e. The lowest BCUT2D eigenvalue weighted by Gasteiger charge is -2.39. The molecular weight excluding hydrogens is 202 g/mol. The van der Waals surface area contributed by atoms with Crippen molar-refractivity contribution in [1.82, 2.24) is 10.2 Å². The predicted molar refractivity (Wildman–Crippen MR) is 64.0 cm³/mol. The van der Waals surface area contributed by atoms with Crippen LogP contribution in [0.25, 0.3) is 0 Å². The number of nitrogens with zero attached hydrogens (tertiary/aromatic N) is 1. The maximum Gasteiger partial charge on any atom is 0.220 e. The van der Waals surface area contributed by atoms with Crippen LogP contribution in [0.15, 0.2) is 0 Å².